The zero-order valence-electron chi connectivity index (χ0n) is 11.3. The fourth-order valence-corrected chi connectivity index (χ4v) is 1.29. The average molecular weight is 279 g/mol. The molecule has 1 aromatic heterocycles. The van der Waals surface area contributed by atoms with Gasteiger partial charge in [0, 0.05) is 12.7 Å². The van der Waals surface area contributed by atoms with E-state index >= 15 is 0 Å². The van der Waals surface area contributed by atoms with Crippen molar-refractivity contribution in [3.63, 3.8) is 0 Å². The summed E-state index contributed by atoms with van der Waals surface area (Å²) in [6, 6.07) is 2.58. The molecule has 0 saturated carbocycles. The maximum absolute atomic E-state index is 11.7. The molecular weight excluding hydrogens is 262 g/mol. The van der Waals surface area contributed by atoms with E-state index in [0.717, 1.165) is 6.20 Å². The van der Waals surface area contributed by atoms with Gasteiger partial charge in [-0.15, -0.1) is 0 Å². The highest BCUT2D eigenvalue weighted by atomic mass is 16.4. The zero-order chi connectivity index (χ0) is 15.1. The van der Waals surface area contributed by atoms with Crippen LogP contribution in [-0.4, -0.2) is 41.0 Å². The van der Waals surface area contributed by atoms with Crippen LogP contribution in [0.15, 0.2) is 18.3 Å². The van der Waals surface area contributed by atoms with Gasteiger partial charge in [0.1, 0.15) is 5.69 Å². The molecule has 0 aliphatic rings. The van der Waals surface area contributed by atoms with Crippen LogP contribution < -0.4 is 10.6 Å². The van der Waals surface area contributed by atoms with Gasteiger partial charge < -0.3 is 15.7 Å². The van der Waals surface area contributed by atoms with Gasteiger partial charge >= 0.3 is 5.97 Å². The van der Waals surface area contributed by atoms with Crippen LogP contribution in [-0.2, 0) is 4.79 Å². The highest BCUT2D eigenvalue weighted by Gasteiger charge is 2.10. The minimum atomic E-state index is -1.11. The molecule has 0 atom stereocenters. The lowest BCUT2D eigenvalue weighted by Crippen LogP contribution is -2.38. The molecule has 0 saturated heterocycles. The van der Waals surface area contributed by atoms with Crippen molar-refractivity contribution in [3.05, 3.63) is 29.6 Å². The Kier molecular flexibility index (Phi) is 5.64. The van der Waals surface area contributed by atoms with Crippen molar-refractivity contribution in [2.45, 2.75) is 13.8 Å². The molecule has 0 unspecified atom stereocenters. The quantitative estimate of drug-likeness (QED) is 0.693. The number of rotatable bonds is 6. The molecule has 1 rings (SSSR count). The summed E-state index contributed by atoms with van der Waals surface area (Å²) in [6.45, 7) is 4.33. The molecule has 3 N–H and O–H groups in total. The number of carbonyl (C=O) groups excluding carboxylic acids is 2. The van der Waals surface area contributed by atoms with Crippen LogP contribution in [0, 0.1) is 5.92 Å². The van der Waals surface area contributed by atoms with E-state index in [2.05, 4.69) is 15.6 Å². The monoisotopic (exact) mass is 279 g/mol. The lowest BCUT2D eigenvalue weighted by atomic mass is 10.2. The minimum absolute atomic E-state index is 0.00349. The van der Waals surface area contributed by atoms with Crippen LogP contribution in [0.2, 0.25) is 0 Å². The Bertz CT molecular complexity index is 497. The van der Waals surface area contributed by atoms with Crippen LogP contribution in [0.3, 0.4) is 0 Å². The van der Waals surface area contributed by atoms with Crippen molar-refractivity contribution < 1.29 is 19.5 Å². The number of hydrogen-bond acceptors (Lipinski definition) is 4. The average Bonchev–Trinajstić information content (AvgIpc) is 2.42. The molecule has 0 aromatic carbocycles. The Morgan fingerprint density at radius 3 is 2.45 bits per heavy atom. The fraction of sp³-hybridized carbons (Fsp3) is 0.385. The van der Waals surface area contributed by atoms with E-state index in [1.165, 1.54) is 12.1 Å². The normalized spacial score (nSPS) is 10.2. The van der Waals surface area contributed by atoms with Crippen molar-refractivity contribution in [1.82, 2.24) is 15.6 Å². The molecule has 108 valence electrons. The number of carboxylic acids is 1. The Morgan fingerprint density at radius 1 is 1.25 bits per heavy atom. The van der Waals surface area contributed by atoms with Crippen molar-refractivity contribution in [2.75, 3.05) is 13.1 Å². The summed E-state index contributed by atoms with van der Waals surface area (Å²) in [7, 11) is 0. The number of aromatic carboxylic acids is 1. The number of carboxylic acid groups (broad SMARTS) is 1. The molecule has 1 heterocycles. The topological polar surface area (TPSA) is 108 Å². The summed E-state index contributed by atoms with van der Waals surface area (Å²) >= 11 is 0. The third-order valence-electron chi connectivity index (χ3n) is 2.36. The Balaban J connectivity index is 2.46. The molecule has 0 fully saturated rings. The van der Waals surface area contributed by atoms with Gasteiger partial charge in [-0.25, -0.2) is 4.79 Å². The lowest BCUT2D eigenvalue weighted by Gasteiger charge is -2.08. The number of carbonyl (C=O) groups is 3. The highest BCUT2D eigenvalue weighted by Crippen LogP contribution is 2.00. The second-order valence-electron chi connectivity index (χ2n) is 4.62. The van der Waals surface area contributed by atoms with E-state index in [-0.39, 0.29) is 23.7 Å². The Labute approximate surface area is 116 Å². The van der Waals surface area contributed by atoms with Crippen molar-refractivity contribution in [2.24, 2.45) is 5.92 Å². The molecular formula is C13H17N3O4. The van der Waals surface area contributed by atoms with Crippen LogP contribution in [0.5, 0.6) is 0 Å². The second kappa shape index (κ2) is 7.22. The first kappa shape index (κ1) is 15.6. The van der Waals surface area contributed by atoms with E-state index < -0.39 is 11.9 Å². The van der Waals surface area contributed by atoms with E-state index in [0.29, 0.717) is 12.5 Å². The van der Waals surface area contributed by atoms with Gasteiger partial charge in [0.25, 0.3) is 5.91 Å². The number of hydrogen-bond donors (Lipinski definition) is 3. The van der Waals surface area contributed by atoms with Crippen LogP contribution >= 0.6 is 0 Å². The maximum atomic E-state index is 11.7. The van der Waals surface area contributed by atoms with E-state index in [1.807, 2.05) is 13.8 Å². The van der Waals surface area contributed by atoms with Gasteiger partial charge in [0.2, 0.25) is 5.91 Å². The summed E-state index contributed by atoms with van der Waals surface area (Å²) in [5.41, 5.74) is 0.0582. The molecule has 0 aliphatic heterocycles. The molecule has 0 radical (unpaired) electrons. The van der Waals surface area contributed by atoms with Crippen LogP contribution in [0.1, 0.15) is 34.7 Å². The lowest BCUT2D eigenvalue weighted by molar-refractivity contribution is -0.120. The standard InChI is InChI=1S/C13H17N3O4/c1-8(2)5-15-11(17)7-16-12(18)10-4-3-9(6-14-10)13(19)20/h3-4,6,8H,5,7H2,1-2H3,(H,15,17)(H,16,18)(H,19,20). The number of aromatic nitrogens is 1. The largest absolute Gasteiger partial charge is 0.478 e. The SMILES string of the molecule is CC(C)CNC(=O)CNC(=O)c1ccc(C(=O)O)cn1. The Hall–Kier alpha value is -2.44. The maximum Gasteiger partial charge on any atom is 0.337 e. The van der Waals surface area contributed by atoms with Crippen LogP contribution in [0.25, 0.3) is 0 Å². The molecule has 2 amide bonds. The van der Waals surface area contributed by atoms with Crippen molar-refractivity contribution in [3.8, 4) is 0 Å². The fourth-order valence-electron chi connectivity index (χ4n) is 1.29. The van der Waals surface area contributed by atoms with Gasteiger partial charge in [-0.05, 0) is 18.1 Å². The van der Waals surface area contributed by atoms with E-state index in [1.54, 1.807) is 0 Å². The summed E-state index contributed by atoms with van der Waals surface area (Å²) in [5.74, 6) is -1.59. The van der Waals surface area contributed by atoms with Gasteiger partial charge in [-0.2, -0.15) is 0 Å². The number of nitrogens with zero attached hydrogens (tertiary/aromatic N) is 1. The zero-order valence-corrected chi connectivity index (χ0v) is 11.3. The summed E-state index contributed by atoms with van der Waals surface area (Å²) < 4.78 is 0. The van der Waals surface area contributed by atoms with Crippen LogP contribution in [0.4, 0.5) is 0 Å². The predicted octanol–water partition coefficient (Wildman–Crippen LogP) is 0.282. The summed E-state index contributed by atoms with van der Waals surface area (Å²) in [6.07, 6.45) is 1.09. The number of pyridine rings is 1. The first-order chi connectivity index (χ1) is 9.40. The van der Waals surface area contributed by atoms with Crippen molar-refractivity contribution >= 4 is 17.8 Å². The molecule has 0 bridgehead atoms. The van der Waals surface area contributed by atoms with Gasteiger partial charge in [0.15, 0.2) is 0 Å². The van der Waals surface area contributed by atoms with E-state index in [9.17, 15) is 14.4 Å². The third-order valence-corrected chi connectivity index (χ3v) is 2.36. The minimum Gasteiger partial charge on any atom is -0.478 e. The Morgan fingerprint density at radius 2 is 1.95 bits per heavy atom. The highest BCUT2D eigenvalue weighted by molar-refractivity contribution is 5.95. The predicted molar refractivity (Wildman–Crippen MR) is 71.4 cm³/mol. The van der Waals surface area contributed by atoms with Gasteiger partial charge in [-0.3, -0.25) is 14.6 Å². The van der Waals surface area contributed by atoms with Gasteiger partial charge in [0.05, 0.1) is 12.1 Å². The second-order valence-corrected chi connectivity index (χ2v) is 4.62. The van der Waals surface area contributed by atoms with Crippen molar-refractivity contribution in [1.29, 1.82) is 0 Å². The summed E-state index contributed by atoms with van der Waals surface area (Å²) in [5, 5.41) is 13.8. The molecule has 1 aromatic rings. The molecule has 7 nitrogen and oxygen atoms in total. The number of amides is 2. The molecule has 0 spiro atoms. The first-order valence-electron chi connectivity index (χ1n) is 6.14. The molecule has 0 aliphatic carbocycles. The smallest absolute Gasteiger partial charge is 0.337 e. The molecule has 7 heteroatoms. The number of nitrogens with one attached hydrogen (secondary N) is 2. The first-order valence-corrected chi connectivity index (χ1v) is 6.14. The molecule has 20 heavy (non-hydrogen) atoms. The van der Waals surface area contributed by atoms with Gasteiger partial charge in [-0.1, -0.05) is 13.8 Å². The van der Waals surface area contributed by atoms with E-state index in [4.69, 9.17) is 5.11 Å². The summed E-state index contributed by atoms with van der Waals surface area (Å²) in [4.78, 5) is 37.4. The third kappa shape index (κ3) is 5.05.